The molecule has 0 amide bonds. The SMILES string of the molecule is Cc1ccc(C=O)cc1.O=C(O)COCOc1ccccc1. The van der Waals surface area contributed by atoms with Crippen LogP contribution in [0.15, 0.2) is 54.6 Å². The molecule has 2 rings (SSSR count). The summed E-state index contributed by atoms with van der Waals surface area (Å²) in [6.07, 6.45) is 0.847. The zero-order valence-corrected chi connectivity index (χ0v) is 12.3. The fraction of sp³-hybridized carbons (Fsp3) is 0.176. The number of aliphatic carboxylic acids is 1. The van der Waals surface area contributed by atoms with Crippen molar-refractivity contribution in [2.24, 2.45) is 0 Å². The van der Waals surface area contributed by atoms with Gasteiger partial charge in [-0.1, -0.05) is 48.0 Å². The van der Waals surface area contributed by atoms with Crippen LogP contribution in [0.25, 0.3) is 0 Å². The Kier molecular flexibility index (Phi) is 8.00. The van der Waals surface area contributed by atoms with Gasteiger partial charge < -0.3 is 14.6 Å². The summed E-state index contributed by atoms with van der Waals surface area (Å²) in [5, 5.41) is 8.23. The van der Waals surface area contributed by atoms with Gasteiger partial charge in [-0.3, -0.25) is 4.79 Å². The van der Waals surface area contributed by atoms with Crippen molar-refractivity contribution >= 4 is 12.3 Å². The molecule has 0 aliphatic heterocycles. The van der Waals surface area contributed by atoms with Crippen LogP contribution in [0.2, 0.25) is 0 Å². The minimum Gasteiger partial charge on any atom is -0.480 e. The Balaban J connectivity index is 0.000000235. The van der Waals surface area contributed by atoms with E-state index in [4.69, 9.17) is 9.84 Å². The predicted molar refractivity (Wildman–Crippen MR) is 82.1 cm³/mol. The van der Waals surface area contributed by atoms with E-state index in [0.717, 1.165) is 11.8 Å². The number of ether oxygens (including phenoxy) is 2. The Morgan fingerprint density at radius 1 is 1.09 bits per heavy atom. The van der Waals surface area contributed by atoms with Crippen molar-refractivity contribution < 1.29 is 24.2 Å². The van der Waals surface area contributed by atoms with E-state index in [1.807, 2.05) is 49.4 Å². The molecule has 0 saturated carbocycles. The van der Waals surface area contributed by atoms with Crippen LogP contribution >= 0.6 is 0 Å². The van der Waals surface area contributed by atoms with Crippen LogP contribution in [0.5, 0.6) is 5.75 Å². The molecule has 2 aromatic carbocycles. The topological polar surface area (TPSA) is 72.8 Å². The summed E-state index contributed by atoms with van der Waals surface area (Å²) in [4.78, 5) is 20.1. The summed E-state index contributed by atoms with van der Waals surface area (Å²) < 4.78 is 9.75. The molecule has 0 unspecified atom stereocenters. The van der Waals surface area contributed by atoms with Gasteiger partial charge in [0.15, 0.2) is 6.79 Å². The van der Waals surface area contributed by atoms with Gasteiger partial charge in [0.1, 0.15) is 18.6 Å². The van der Waals surface area contributed by atoms with Gasteiger partial charge in [-0.2, -0.15) is 0 Å². The molecule has 116 valence electrons. The third kappa shape index (κ3) is 7.81. The average molecular weight is 302 g/mol. The summed E-state index contributed by atoms with van der Waals surface area (Å²) in [5.41, 5.74) is 1.92. The van der Waals surface area contributed by atoms with Gasteiger partial charge >= 0.3 is 5.97 Å². The highest BCUT2D eigenvalue weighted by Gasteiger charge is 1.96. The fourth-order valence-electron chi connectivity index (χ4n) is 1.40. The van der Waals surface area contributed by atoms with Crippen LogP contribution in [-0.4, -0.2) is 30.8 Å². The molecule has 0 aliphatic carbocycles. The molecular weight excluding hydrogens is 284 g/mol. The zero-order valence-electron chi connectivity index (χ0n) is 12.3. The molecule has 0 radical (unpaired) electrons. The minimum absolute atomic E-state index is 0.0453. The lowest BCUT2D eigenvalue weighted by molar-refractivity contribution is -0.144. The van der Waals surface area contributed by atoms with E-state index in [1.54, 1.807) is 12.1 Å². The Hall–Kier alpha value is -2.66. The number of carboxylic acid groups (broad SMARTS) is 1. The number of hydrogen-bond acceptors (Lipinski definition) is 4. The number of benzene rings is 2. The molecule has 5 heteroatoms. The number of carbonyl (C=O) groups excluding carboxylic acids is 1. The van der Waals surface area contributed by atoms with Gasteiger partial charge in [-0.05, 0) is 19.1 Å². The van der Waals surface area contributed by atoms with Crippen molar-refractivity contribution in [2.45, 2.75) is 6.92 Å². The van der Waals surface area contributed by atoms with Gasteiger partial charge in [-0.25, -0.2) is 4.79 Å². The van der Waals surface area contributed by atoms with Crippen molar-refractivity contribution in [3.8, 4) is 5.75 Å². The minimum atomic E-state index is -1.00. The lowest BCUT2D eigenvalue weighted by Gasteiger charge is -2.04. The summed E-state index contributed by atoms with van der Waals surface area (Å²) in [5.74, 6) is -0.343. The van der Waals surface area contributed by atoms with Crippen LogP contribution in [0.4, 0.5) is 0 Å². The third-order valence-corrected chi connectivity index (χ3v) is 2.49. The maximum atomic E-state index is 10.1. The number of aryl methyl sites for hydroxylation is 1. The van der Waals surface area contributed by atoms with E-state index >= 15 is 0 Å². The van der Waals surface area contributed by atoms with E-state index in [9.17, 15) is 9.59 Å². The smallest absolute Gasteiger partial charge is 0.329 e. The van der Waals surface area contributed by atoms with Crippen molar-refractivity contribution in [1.29, 1.82) is 0 Å². The number of aldehydes is 1. The van der Waals surface area contributed by atoms with Gasteiger partial charge in [0, 0.05) is 5.56 Å². The van der Waals surface area contributed by atoms with Gasteiger partial charge in [0.05, 0.1) is 0 Å². The molecule has 0 aliphatic rings. The van der Waals surface area contributed by atoms with Crippen LogP contribution in [0.3, 0.4) is 0 Å². The first-order valence-electron chi connectivity index (χ1n) is 6.61. The van der Waals surface area contributed by atoms with Crippen LogP contribution in [-0.2, 0) is 9.53 Å². The van der Waals surface area contributed by atoms with Crippen LogP contribution < -0.4 is 4.74 Å². The van der Waals surface area contributed by atoms with Crippen LogP contribution in [0, 0.1) is 6.92 Å². The van der Waals surface area contributed by atoms with Crippen molar-refractivity contribution in [2.75, 3.05) is 13.4 Å². The molecule has 22 heavy (non-hydrogen) atoms. The van der Waals surface area contributed by atoms with Crippen LogP contribution in [0.1, 0.15) is 15.9 Å². The Labute approximate surface area is 129 Å². The second-order valence-corrected chi connectivity index (χ2v) is 4.35. The summed E-state index contributed by atoms with van der Waals surface area (Å²) >= 11 is 0. The Bertz CT molecular complexity index is 563. The first-order valence-corrected chi connectivity index (χ1v) is 6.61. The van der Waals surface area contributed by atoms with Gasteiger partial charge in [0.2, 0.25) is 0 Å². The molecule has 0 spiro atoms. The Morgan fingerprint density at radius 3 is 2.27 bits per heavy atom. The van der Waals surface area contributed by atoms with Gasteiger partial charge in [0.25, 0.3) is 0 Å². The lowest BCUT2D eigenvalue weighted by atomic mass is 10.2. The largest absolute Gasteiger partial charge is 0.480 e. The molecule has 0 bridgehead atoms. The van der Waals surface area contributed by atoms with E-state index in [-0.39, 0.29) is 13.4 Å². The van der Waals surface area contributed by atoms with E-state index < -0.39 is 5.97 Å². The maximum absolute atomic E-state index is 10.1. The van der Waals surface area contributed by atoms with Gasteiger partial charge in [-0.15, -0.1) is 0 Å². The lowest BCUT2D eigenvalue weighted by Crippen LogP contribution is -2.11. The fourth-order valence-corrected chi connectivity index (χ4v) is 1.40. The van der Waals surface area contributed by atoms with Crippen molar-refractivity contribution in [3.63, 3.8) is 0 Å². The molecule has 1 N–H and O–H groups in total. The molecule has 0 fully saturated rings. The van der Waals surface area contributed by atoms with Crippen molar-refractivity contribution in [3.05, 3.63) is 65.7 Å². The molecule has 0 heterocycles. The summed E-state index contributed by atoms with van der Waals surface area (Å²) in [6.45, 7) is 1.61. The highest BCUT2D eigenvalue weighted by atomic mass is 16.7. The average Bonchev–Trinajstić information content (AvgIpc) is 2.54. The first kappa shape index (κ1) is 17.4. The summed E-state index contributed by atoms with van der Waals surface area (Å²) in [7, 11) is 0. The normalized spacial score (nSPS) is 9.32. The monoisotopic (exact) mass is 302 g/mol. The number of carboxylic acids is 1. The predicted octanol–water partition coefficient (Wildman–Crippen LogP) is 2.93. The number of rotatable bonds is 6. The third-order valence-electron chi connectivity index (χ3n) is 2.49. The van der Waals surface area contributed by atoms with E-state index in [1.165, 1.54) is 5.56 Å². The number of para-hydroxylation sites is 1. The molecular formula is C17H18O5. The van der Waals surface area contributed by atoms with E-state index in [0.29, 0.717) is 5.75 Å². The first-order chi connectivity index (χ1) is 10.6. The second kappa shape index (κ2) is 10.1. The molecule has 0 aromatic heterocycles. The highest BCUT2D eigenvalue weighted by Crippen LogP contribution is 2.07. The zero-order chi connectivity index (χ0) is 16.2. The quantitative estimate of drug-likeness (QED) is 0.504. The summed E-state index contributed by atoms with van der Waals surface area (Å²) in [6, 6.07) is 16.5. The van der Waals surface area contributed by atoms with Crippen molar-refractivity contribution in [1.82, 2.24) is 0 Å². The number of hydrogen-bond donors (Lipinski definition) is 1. The maximum Gasteiger partial charge on any atom is 0.329 e. The molecule has 2 aromatic rings. The second-order valence-electron chi connectivity index (χ2n) is 4.35. The van der Waals surface area contributed by atoms with E-state index in [2.05, 4.69) is 4.74 Å². The standard InChI is InChI=1S/C9H10O4.C8H8O/c10-9(11)6-12-7-13-8-4-2-1-3-5-8;1-7-2-4-8(6-9)5-3-7/h1-5H,6-7H2,(H,10,11);2-6H,1H3. The molecule has 5 nitrogen and oxygen atoms in total. The Morgan fingerprint density at radius 2 is 1.73 bits per heavy atom. The number of carbonyl (C=O) groups is 2. The highest BCUT2D eigenvalue weighted by molar-refractivity contribution is 5.74. The molecule has 0 saturated heterocycles. The molecule has 0 atom stereocenters.